The Kier molecular flexibility index (Phi) is 4.95. The highest BCUT2D eigenvalue weighted by molar-refractivity contribution is 5.76. The number of amides is 1. The van der Waals surface area contributed by atoms with Crippen LogP contribution in [0.2, 0.25) is 0 Å². The summed E-state index contributed by atoms with van der Waals surface area (Å²) in [7, 11) is 0. The highest BCUT2D eigenvalue weighted by Crippen LogP contribution is 2.32. The van der Waals surface area contributed by atoms with Crippen LogP contribution in [-0.4, -0.2) is 42.3 Å². The lowest BCUT2D eigenvalue weighted by atomic mass is 10.0. The van der Waals surface area contributed by atoms with E-state index in [4.69, 9.17) is 4.42 Å². The van der Waals surface area contributed by atoms with Gasteiger partial charge < -0.3 is 9.32 Å². The summed E-state index contributed by atoms with van der Waals surface area (Å²) in [6, 6.07) is 5.51. The number of carbonyl (C=O) groups excluding carboxylic acids is 1. The molecule has 1 aliphatic heterocycles. The smallest absolute Gasteiger partial charge is 0.249 e. The summed E-state index contributed by atoms with van der Waals surface area (Å²) in [5.41, 5.74) is 1.71. The minimum absolute atomic E-state index is 0.0898. The first-order chi connectivity index (χ1) is 13.2. The molecule has 1 saturated heterocycles. The van der Waals surface area contributed by atoms with Gasteiger partial charge in [-0.1, -0.05) is 0 Å². The van der Waals surface area contributed by atoms with Crippen molar-refractivity contribution in [2.45, 2.75) is 45.2 Å². The molecular formula is C19H22N6O2. The minimum atomic E-state index is -0.163. The molecule has 4 rings (SSSR count). The van der Waals surface area contributed by atoms with E-state index in [2.05, 4.69) is 20.3 Å². The van der Waals surface area contributed by atoms with E-state index in [1.165, 1.54) is 0 Å². The average Bonchev–Trinajstić information content (AvgIpc) is 3.39. The molecule has 4 heterocycles. The van der Waals surface area contributed by atoms with Crippen LogP contribution in [0.5, 0.6) is 0 Å². The Balaban J connectivity index is 1.48. The second kappa shape index (κ2) is 7.69. The summed E-state index contributed by atoms with van der Waals surface area (Å²) in [4.78, 5) is 18.9. The average molecular weight is 366 g/mol. The summed E-state index contributed by atoms with van der Waals surface area (Å²) in [5, 5.41) is 12.5. The van der Waals surface area contributed by atoms with Crippen LogP contribution < -0.4 is 0 Å². The van der Waals surface area contributed by atoms with E-state index in [9.17, 15) is 4.79 Å². The van der Waals surface area contributed by atoms with E-state index in [1.54, 1.807) is 17.1 Å². The van der Waals surface area contributed by atoms with Crippen LogP contribution in [0.25, 0.3) is 11.5 Å². The van der Waals surface area contributed by atoms with Gasteiger partial charge in [0.1, 0.15) is 6.04 Å². The van der Waals surface area contributed by atoms with Crippen molar-refractivity contribution in [2.24, 2.45) is 0 Å². The van der Waals surface area contributed by atoms with Crippen molar-refractivity contribution in [3.63, 3.8) is 0 Å². The number of carbonyl (C=O) groups is 1. The molecule has 0 bridgehead atoms. The van der Waals surface area contributed by atoms with Gasteiger partial charge >= 0.3 is 0 Å². The van der Waals surface area contributed by atoms with Crippen molar-refractivity contribution in [1.29, 1.82) is 0 Å². The Morgan fingerprint density at radius 1 is 1.30 bits per heavy atom. The molecular weight excluding hydrogens is 344 g/mol. The number of hydrogen-bond donors (Lipinski definition) is 0. The number of rotatable bonds is 5. The van der Waals surface area contributed by atoms with Crippen LogP contribution in [0.1, 0.15) is 43.3 Å². The van der Waals surface area contributed by atoms with E-state index < -0.39 is 0 Å². The Morgan fingerprint density at radius 2 is 2.22 bits per heavy atom. The molecule has 140 valence electrons. The molecule has 0 aromatic carbocycles. The highest BCUT2D eigenvalue weighted by atomic mass is 16.4. The lowest BCUT2D eigenvalue weighted by Gasteiger charge is -2.33. The number of aryl methyl sites for hydroxylation is 2. The SMILES string of the molecule is Cc1ccc(-c2nnc(C3CCCCN3C(=O)CCn3cccn3)o2)cn1. The molecule has 0 spiro atoms. The molecule has 1 amide bonds. The molecule has 1 atom stereocenters. The first-order valence-electron chi connectivity index (χ1n) is 9.24. The van der Waals surface area contributed by atoms with E-state index in [0.29, 0.717) is 31.3 Å². The number of pyridine rings is 1. The van der Waals surface area contributed by atoms with Gasteiger partial charge in [0.25, 0.3) is 0 Å². The van der Waals surface area contributed by atoms with Gasteiger partial charge in [0, 0.05) is 43.8 Å². The molecule has 3 aromatic heterocycles. The van der Waals surface area contributed by atoms with Crippen molar-refractivity contribution in [3.8, 4) is 11.5 Å². The second-order valence-corrected chi connectivity index (χ2v) is 6.75. The summed E-state index contributed by atoms with van der Waals surface area (Å²) < 4.78 is 7.68. The fraction of sp³-hybridized carbons (Fsp3) is 0.421. The summed E-state index contributed by atoms with van der Waals surface area (Å²) in [6.07, 6.45) is 8.57. The first kappa shape index (κ1) is 17.4. The van der Waals surface area contributed by atoms with Crippen LogP contribution in [0.3, 0.4) is 0 Å². The Morgan fingerprint density at radius 3 is 3.00 bits per heavy atom. The zero-order valence-corrected chi connectivity index (χ0v) is 15.3. The molecule has 0 radical (unpaired) electrons. The third kappa shape index (κ3) is 3.89. The Bertz CT molecular complexity index is 887. The topological polar surface area (TPSA) is 89.9 Å². The molecule has 27 heavy (non-hydrogen) atoms. The van der Waals surface area contributed by atoms with Crippen LogP contribution >= 0.6 is 0 Å². The first-order valence-corrected chi connectivity index (χ1v) is 9.24. The third-order valence-electron chi connectivity index (χ3n) is 4.82. The normalized spacial score (nSPS) is 17.2. The summed E-state index contributed by atoms with van der Waals surface area (Å²) in [5.74, 6) is 1.02. The molecule has 1 aliphatic rings. The Hall–Kier alpha value is -3.03. The van der Waals surface area contributed by atoms with E-state index in [-0.39, 0.29) is 11.9 Å². The van der Waals surface area contributed by atoms with Gasteiger partial charge in [-0.15, -0.1) is 10.2 Å². The van der Waals surface area contributed by atoms with Gasteiger partial charge in [-0.3, -0.25) is 14.5 Å². The maximum absolute atomic E-state index is 12.8. The lowest BCUT2D eigenvalue weighted by molar-refractivity contribution is -0.136. The predicted octanol–water partition coefficient (Wildman–Crippen LogP) is 2.78. The van der Waals surface area contributed by atoms with Gasteiger partial charge in [-0.05, 0) is 44.4 Å². The van der Waals surface area contributed by atoms with Crippen LogP contribution in [0.4, 0.5) is 0 Å². The molecule has 8 heteroatoms. The Labute approximate surface area is 157 Å². The minimum Gasteiger partial charge on any atom is -0.418 e. The van der Waals surface area contributed by atoms with Gasteiger partial charge in [-0.2, -0.15) is 5.10 Å². The van der Waals surface area contributed by atoms with E-state index >= 15 is 0 Å². The van der Waals surface area contributed by atoms with Crippen molar-refractivity contribution >= 4 is 5.91 Å². The third-order valence-corrected chi connectivity index (χ3v) is 4.82. The van der Waals surface area contributed by atoms with Crippen molar-refractivity contribution in [2.75, 3.05) is 6.54 Å². The number of nitrogens with zero attached hydrogens (tertiary/aromatic N) is 6. The van der Waals surface area contributed by atoms with Crippen molar-refractivity contribution < 1.29 is 9.21 Å². The number of aromatic nitrogens is 5. The van der Waals surface area contributed by atoms with Gasteiger partial charge in [0.2, 0.25) is 17.7 Å². The van der Waals surface area contributed by atoms with Crippen molar-refractivity contribution in [3.05, 3.63) is 48.4 Å². The van der Waals surface area contributed by atoms with Crippen molar-refractivity contribution in [1.82, 2.24) is 29.9 Å². The molecule has 8 nitrogen and oxygen atoms in total. The molecule has 0 aliphatic carbocycles. The molecule has 3 aromatic rings. The van der Waals surface area contributed by atoms with Gasteiger partial charge in [0.15, 0.2) is 0 Å². The van der Waals surface area contributed by atoms with Crippen LogP contribution in [0.15, 0.2) is 41.2 Å². The zero-order chi connectivity index (χ0) is 18.6. The molecule has 1 fully saturated rings. The molecule has 0 saturated carbocycles. The maximum atomic E-state index is 12.8. The second-order valence-electron chi connectivity index (χ2n) is 6.75. The fourth-order valence-electron chi connectivity index (χ4n) is 3.35. The van der Waals surface area contributed by atoms with Gasteiger partial charge in [0.05, 0.1) is 5.56 Å². The number of likely N-dealkylation sites (tertiary alicyclic amines) is 1. The maximum Gasteiger partial charge on any atom is 0.249 e. The van der Waals surface area contributed by atoms with Crippen LogP contribution in [0, 0.1) is 6.92 Å². The zero-order valence-electron chi connectivity index (χ0n) is 15.3. The van der Waals surface area contributed by atoms with E-state index in [1.807, 2.05) is 36.2 Å². The monoisotopic (exact) mass is 366 g/mol. The summed E-state index contributed by atoms with van der Waals surface area (Å²) in [6.45, 7) is 3.21. The van der Waals surface area contributed by atoms with E-state index in [0.717, 1.165) is 30.5 Å². The fourth-order valence-corrected chi connectivity index (χ4v) is 3.35. The lowest BCUT2D eigenvalue weighted by Crippen LogP contribution is -2.39. The quantitative estimate of drug-likeness (QED) is 0.690. The molecule has 1 unspecified atom stereocenters. The summed E-state index contributed by atoms with van der Waals surface area (Å²) >= 11 is 0. The number of hydrogen-bond acceptors (Lipinski definition) is 6. The van der Waals surface area contributed by atoms with Crippen LogP contribution in [-0.2, 0) is 11.3 Å². The molecule has 0 N–H and O–H groups in total. The largest absolute Gasteiger partial charge is 0.418 e. The highest BCUT2D eigenvalue weighted by Gasteiger charge is 2.31. The standard InChI is InChI=1S/C19H22N6O2/c1-14-6-7-15(13-20-14)18-22-23-19(27-18)16-5-2-3-11-25(16)17(26)8-12-24-10-4-9-21-24/h4,6-7,9-10,13,16H,2-3,5,8,11-12H2,1H3. The number of piperidine rings is 1. The van der Waals surface area contributed by atoms with Gasteiger partial charge in [-0.25, -0.2) is 0 Å². The predicted molar refractivity (Wildman–Crippen MR) is 97.4 cm³/mol.